The van der Waals surface area contributed by atoms with Gasteiger partial charge in [-0.05, 0) is 24.3 Å². The minimum atomic E-state index is -0.440. The van der Waals surface area contributed by atoms with Crippen LogP contribution in [0.1, 0.15) is 10.4 Å². The molecule has 2 heterocycles. The zero-order valence-electron chi connectivity index (χ0n) is 10.8. The molecule has 3 rings (SSSR count). The van der Waals surface area contributed by atoms with E-state index in [0.29, 0.717) is 22.5 Å². The number of fused-ring (bicyclic) bond motifs is 1. The van der Waals surface area contributed by atoms with Crippen LogP contribution in [-0.4, -0.2) is 27.6 Å². The van der Waals surface area contributed by atoms with Gasteiger partial charge in [-0.25, -0.2) is 9.78 Å². The standard InChI is InChI=1S/C15H12N2O3/c1-20-15(19)11-6-4-8-17-9-12(16-14(11)17)10-5-2-3-7-13(10)18/h2-9,18H,1H3. The molecule has 0 fully saturated rings. The molecule has 5 nitrogen and oxygen atoms in total. The largest absolute Gasteiger partial charge is 0.507 e. The Kier molecular flexibility index (Phi) is 2.87. The number of aromatic hydroxyl groups is 1. The maximum absolute atomic E-state index is 11.7. The fourth-order valence-corrected chi connectivity index (χ4v) is 2.10. The molecule has 0 aliphatic carbocycles. The summed E-state index contributed by atoms with van der Waals surface area (Å²) in [7, 11) is 1.33. The van der Waals surface area contributed by atoms with Gasteiger partial charge in [0.2, 0.25) is 0 Å². The third-order valence-electron chi connectivity index (χ3n) is 3.07. The topological polar surface area (TPSA) is 63.8 Å². The van der Waals surface area contributed by atoms with E-state index in [1.807, 2.05) is 6.07 Å². The molecule has 0 radical (unpaired) electrons. The number of phenols is 1. The molecule has 100 valence electrons. The second-order valence-corrected chi connectivity index (χ2v) is 4.29. The van der Waals surface area contributed by atoms with Crippen molar-refractivity contribution in [3.63, 3.8) is 0 Å². The van der Waals surface area contributed by atoms with Crippen molar-refractivity contribution in [2.24, 2.45) is 0 Å². The second-order valence-electron chi connectivity index (χ2n) is 4.29. The van der Waals surface area contributed by atoms with Crippen LogP contribution in [0.4, 0.5) is 0 Å². The van der Waals surface area contributed by atoms with E-state index in [4.69, 9.17) is 4.74 Å². The lowest BCUT2D eigenvalue weighted by Crippen LogP contribution is -2.03. The maximum atomic E-state index is 11.7. The number of esters is 1. The first-order chi connectivity index (χ1) is 9.70. The molecule has 20 heavy (non-hydrogen) atoms. The number of aromatic nitrogens is 2. The molecule has 0 saturated carbocycles. The summed E-state index contributed by atoms with van der Waals surface area (Å²) < 4.78 is 6.47. The van der Waals surface area contributed by atoms with Crippen LogP contribution >= 0.6 is 0 Å². The number of hydrogen-bond acceptors (Lipinski definition) is 4. The monoisotopic (exact) mass is 268 g/mol. The fraction of sp³-hybridized carbons (Fsp3) is 0.0667. The van der Waals surface area contributed by atoms with E-state index in [0.717, 1.165) is 0 Å². The van der Waals surface area contributed by atoms with Gasteiger partial charge in [0.05, 0.1) is 12.8 Å². The highest BCUT2D eigenvalue weighted by molar-refractivity contribution is 5.96. The molecule has 0 saturated heterocycles. The Morgan fingerprint density at radius 2 is 2.05 bits per heavy atom. The van der Waals surface area contributed by atoms with Crippen LogP contribution in [0.5, 0.6) is 5.75 Å². The number of phenolic OH excluding ortho intramolecular Hbond substituents is 1. The van der Waals surface area contributed by atoms with Crippen molar-refractivity contribution in [1.82, 2.24) is 9.38 Å². The van der Waals surface area contributed by atoms with E-state index in [1.54, 1.807) is 47.1 Å². The van der Waals surface area contributed by atoms with E-state index in [2.05, 4.69) is 4.98 Å². The molecule has 0 atom stereocenters. The summed E-state index contributed by atoms with van der Waals surface area (Å²) in [6.07, 6.45) is 3.55. The third kappa shape index (κ3) is 1.89. The van der Waals surface area contributed by atoms with Gasteiger partial charge in [0, 0.05) is 18.0 Å². The van der Waals surface area contributed by atoms with Crippen LogP contribution < -0.4 is 0 Å². The molecular weight excluding hydrogens is 256 g/mol. The van der Waals surface area contributed by atoms with E-state index in [1.165, 1.54) is 7.11 Å². The molecule has 0 amide bonds. The van der Waals surface area contributed by atoms with Crippen LogP contribution in [0.25, 0.3) is 16.9 Å². The van der Waals surface area contributed by atoms with Crippen molar-refractivity contribution in [3.05, 3.63) is 54.4 Å². The summed E-state index contributed by atoms with van der Waals surface area (Å²) in [4.78, 5) is 16.1. The zero-order chi connectivity index (χ0) is 14.1. The number of ether oxygens (including phenoxy) is 1. The lowest BCUT2D eigenvalue weighted by Gasteiger charge is -2.00. The highest BCUT2D eigenvalue weighted by Gasteiger charge is 2.15. The van der Waals surface area contributed by atoms with Crippen molar-refractivity contribution in [2.45, 2.75) is 0 Å². The molecular formula is C15H12N2O3. The van der Waals surface area contributed by atoms with Gasteiger partial charge in [-0.1, -0.05) is 12.1 Å². The predicted octanol–water partition coefficient (Wildman–Crippen LogP) is 2.49. The van der Waals surface area contributed by atoms with Crippen molar-refractivity contribution in [3.8, 4) is 17.0 Å². The number of nitrogens with zero attached hydrogens (tertiary/aromatic N) is 2. The zero-order valence-corrected chi connectivity index (χ0v) is 10.8. The molecule has 0 bridgehead atoms. The van der Waals surface area contributed by atoms with E-state index in [9.17, 15) is 9.90 Å². The minimum Gasteiger partial charge on any atom is -0.507 e. The fourth-order valence-electron chi connectivity index (χ4n) is 2.10. The Hall–Kier alpha value is -2.82. The number of benzene rings is 1. The summed E-state index contributed by atoms with van der Waals surface area (Å²) in [5.74, 6) is -0.291. The van der Waals surface area contributed by atoms with Crippen LogP contribution in [-0.2, 0) is 4.74 Å². The van der Waals surface area contributed by atoms with Crippen LogP contribution in [0, 0.1) is 0 Å². The van der Waals surface area contributed by atoms with Gasteiger partial charge in [-0.3, -0.25) is 0 Å². The van der Waals surface area contributed by atoms with Crippen molar-refractivity contribution in [1.29, 1.82) is 0 Å². The lowest BCUT2D eigenvalue weighted by molar-refractivity contribution is 0.0602. The van der Waals surface area contributed by atoms with Gasteiger partial charge in [0.15, 0.2) is 5.65 Å². The van der Waals surface area contributed by atoms with Gasteiger partial charge in [-0.15, -0.1) is 0 Å². The van der Waals surface area contributed by atoms with Crippen molar-refractivity contribution >= 4 is 11.6 Å². The van der Waals surface area contributed by atoms with Crippen LogP contribution in [0.3, 0.4) is 0 Å². The van der Waals surface area contributed by atoms with Gasteiger partial charge in [0.1, 0.15) is 11.3 Å². The summed E-state index contributed by atoms with van der Waals surface area (Å²) in [5.41, 5.74) is 2.10. The summed E-state index contributed by atoms with van der Waals surface area (Å²) in [5, 5.41) is 9.87. The number of rotatable bonds is 2. The number of pyridine rings is 1. The first-order valence-corrected chi connectivity index (χ1v) is 6.05. The van der Waals surface area contributed by atoms with E-state index >= 15 is 0 Å². The number of hydrogen-bond donors (Lipinski definition) is 1. The third-order valence-corrected chi connectivity index (χ3v) is 3.07. The SMILES string of the molecule is COC(=O)c1cccn2cc(-c3ccccc3O)nc12. The quantitative estimate of drug-likeness (QED) is 0.725. The van der Waals surface area contributed by atoms with Gasteiger partial charge < -0.3 is 14.2 Å². The van der Waals surface area contributed by atoms with Crippen molar-refractivity contribution < 1.29 is 14.6 Å². The highest BCUT2D eigenvalue weighted by atomic mass is 16.5. The van der Waals surface area contributed by atoms with Gasteiger partial charge in [0.25, 0.3) is 0 Å². The number of carbonyl (C=O) groups excluding carboxylic acids is 1. The predicted molar refractivity (Wildman–Crippen MR) is 73.6 cm³/mol. The lowest BCUT2D eigenvalue weighted by atomic mass is 10.1. The Morgan fingerprint density at radius 3 is 2.80 bits per heavy atom. The minimum absolute atomic E-state index is 0.149. The molecule has 3 aromatic rings. The molecule has 2 aromatic heterocycles. The summed E-state index contributed by atoms with van der Waals surface area (Å²) >= 11 is 0. The van der Waals surface area contributed by atoms with Gasteiger partial charge >= 0.3 is 5.97 Å². The number of para-hydroxylation sites is 1. The van der Waals surface area contributed by atoms with Gasteiger partial charge in [-0.2, -0.15) is 0 Å². The first-order valence-electron chi connectivity index (χ1n) is 6.05. The van der Waals surface area contributed by atoms with Crippen molar-refractivity contribution in [2.75, 3.05) is 7.11 Å². The number of methoxy groups -OCH3 is 1. The Morgan fingerprint density at radius 1 is 1.25 bits per heavy atom. The smallest absolute Gasteiger partial charge is 0.341 e. The Balaban J connectivity index is 2.21. The molecule has 0 spiro atoms. The maximum Gasteiger partial charge on any atom is 0.341 e. The summed E-state index contributed by atoms with van der Waals surface area (Å²) in [6.45, 7) is 0. The average Bonchev–Trinajstić information content (AvgIpc) is 2.90. The summed E-state index contributed by atoms with van der Waals surface area (Å²) in [6, 6.07) is 10.3. The molecule has 0 aliphatic heterocycles. The van der Waals surface area contributed by atoms with E-state index < -0.39 is 5.97 Å². The van der Waals surface area contributed by atoms with Crippen LogP contribution in [0.15, 0.2) is 48.8 Å². The van der Waals surface area contributed by atoms with Crippen LogP contribution in [0.2, 0.25) is 0 Å². The molecule has 1 N–H and O–H groups in total. The molecule has 0 unspecified atom stereocenters. The molecule has 5 heteroatoms. The molecule has 1 aromatic carbocycles. The average molecular weight is 268 g/mol. The molecule has 0 aliphatic rings. The Labute approximate surface area is 115 Å². The van der Waals surface area contributed by atoms with E-state index in [-0.39, 0.29) is 5.75 Å². The number of carbonyl (C=O) groups is 1. The number of imidazole rings is 1. The first kappa shape index (κ1) is 12.2. The normalized spacial score (nSPS) is 10.7. The highest BCUT2D eigenvalue weighted by Crippen LogP contribution is 2.28. The second kappa shape index (κ2) is 4.70. The Bertz CT molecular complexity index is 793.